The van der Waals surface area contributed by atoms with Crippen LogP contribution in [-0.4, -0.2) is 54.7 Å². The fourth-order valence-corrected chi connectivity index (χ4v) is 5.56. The predicted octanol–water partition coefficient (Wildman–Crippen LogP) is 4.35. The number of ketones is 2. The van der Waals surface area contributed by atoms with Crippen molar-refractivity contribution in [2.75, 3.05) is 33.3 Å². The lowest BCUT2D eigenvalue weighted by Crippen LogP contribution is -2.60. The summed E-state index contributed by atoms with van der Waals surface area (Å²) in [5.74, 6) is 0.718. The van der Waals surface area contributed by atoms with Crippen LogP contribution in [0.15, 0.2) is 72.8 Å². The van der Waals surface area contributed by atoms with Crippen molar-refractivity contribution in [1.82, 2.24) is 9.80 Å². The fourth-order valence-electron chi connectivity index (χ4n) is 5.56. The van der Waals surface area contributed by atoms with Crippen LogP contribution >= 0.6 is 0 Å². The SMILES string of the molecule is CCc1cccc2c1C(=O)C(c1ccccc1)(N1CCN(Cc3ccccc3OC)CC1)C2=O. The van der Waals surface area contributed by atoms with Gasteiger partial charge in [-0.1, -0.05) is 73.7 Å². The zero-order valence-electron chi connectivity index (χ0n) is 19.8. The van der Waals surface area contributed by atoms with Crippen LogP contribution in [0.3, 0.4) is 0 Å². The molecule has 3 aromatic carbocycles. The molecule has 0 bridgehead atoms. The maximum atomic E-state index is 14.2. The van der Waals surface area contributed by atoms with Gasteiger partial charge in [-0.25, -0.2) is 0 Å². The first-order valence-corrected chi connectivity index (χ1v) is 12.0. The van der Waals surface area contributed by atoms with E-state index in [-0.39, 0.29) is 11.6 Å². The van der Waals surface area contributed by atoms with Gasteiger partial charge in [-0.05, 0) is 23.6 Å². The smallest absolute Gasteiger partial charge is 0.196 e. The number of carbonyl (C=O) groups excluding carboxylic acids is 2. The first-order valence-electron chi connectivity index (χ1n) is 12.0. The predicted molar refractivity (Wildman–Crippen MR) is 132 cm³/mol. The molecule has 3 aromatic rings. The summed E-state index contributed by atoms with van der Waals surface area (Å²) >= 11 is 0. The molecule has 1 unspecified atom stereocenters. The Balaban J connectivity index is 1.48. The van der Waals surface area contributed by atoms with Gasteiger partial charge < -0.3 is 4.74 Å². The number of nitrogens with zero attached hydrogens (tertiary/aromatic N) is 2. The minimum absolute atomic E-state index is 0.0747. The zero-order chi connectivity index (χ0) is 23.7. The molecule has 1 atom stereocenters. The van der Waals surface area contributed by atoms with Crippen molar-refractivity contribution < 1.29 is 14.3 Å². The molecule has 2 aliphatic rings. The standard InChI is InChI=1S/C29H30N2O3/c1-3-21-11-9-14-24-26(21)28(33)29(27(24)32,23-12-5-4-6-13-23)31-18-16-30(17-19-31)20-22-10-7-8-15-25(22)34-2/h4-15H,3,16-20H2,1-2H3. The lowest BCUT2D eigenvalue weighted by Gasteiger charge is -2.44. The Hall–Kier alpha value is -3.28. The van der Waals surface area contributed by atoms with Gasteiger partial charge in [0.25, 0.3) is 0 Å². The Labute approximate surface area is 201 Å². The molecule has 1 heterocycles. The molecule has 5 rings (SSSR count). The topological polar surface area (TPSA) is 49.9 Å². The second kappa shape index (κ2) is 9.16. The van der Waals surface area contributed by atoms with Crippen LogP contribution in [0, 0.1) is 0 Å². The summed E-state index contributed by atoms with van der Waals surface area (Å²) in [5, 5.41) is 0. The monoisotopic (exact) mass is 454 g/mol. The summed E-state index contributed by atoms with van der Waals surface area (Å²) in [7, 11) is 1.69. The average molecular weight is 455 g/mol. The van der Waals surface area contributed by atoms with Gasteiger partial charge in [0.1, 0.15) is 5.75 Å². The molecule has 1 aliphatic heterocycles. The minimum atomic E-state index is -1.29. The summed E-state index contributed by atoms with van der Waals surface area (Å²) in [5.41, 5.74) is 2.74. The Morgan fingerprint density at radius 3 is 2.18 bits per heavy atom. The molecule has 0 saturated carbocycles. The van der Waals surface area contributed by atoms with E-state index in [0.717, 1.165) is 48.5 Å². The molecule has 1 aliphatic carbocycles. The highest BCUT2D eigenvalue weighted by Gasteiger charge is 2.58. The highest BCUT2D eigenvalue weighted by molar-refractivity contribution is 6.33. The molecule has 5 heteroatoms. The Kier molecular flexibility index (Phi) is 6.07. The molecule has 0 amide bonds. The molecule has 0 spiro atoms. The number of fused-ring (bicyclic) bond motifs is 1. The molecule has 5 nitrogen and oxygen atoms in total. The van der Waals surface area contributed by atoms with Gasteiger partial charge in [-0.15, -0.1) is 0 Å². The Morgan fingerprint density at radius 2 is 1.47 bits per heavy atom. The van der Waals surface area contributed by atoms with Gasteiger partial charge in [0, 0.05) is 49.4 Å². The third-order valence-electron chi connectivity index (χ3n) is 7.29. The summed E-state index contributed by atoms with van der Waals surface area (Å²) in [6, 6.07) is 23.4. The quantitative estimate of drug-likeness (QED) is 0.519. The van der Waals surface area contributed by atoms with Crippen LogP contribution in [-0.2, 0) is 18.5 Å². The number of hydrogen-bond acceptors (Lipinski definition) is 5. The van der Waals surface area contributed by atoms with Gasteiger partial charge in [-0.2, -0.15) is 0 Å². The minimum Gasteiger partial charge on any atom is -0.496 e. The molecular formula is C29H30N2O3. The number of benzene rings is 3. The lowest BCUT2D eigenvalue weighted by atomic mass is 9.82. The van der Waals surface area contributed by atoms with Crippen LogP contribution in [0.5, 0.6) is 5.75 Å². The molecular weight excluding hydrogens is 424 g/mol. The molecule has 174 valence electrons. The Morgan fingerprint density at radius 1 is 0.794 bits per heavy atom. The van der Waals surface area contributed by atoms with Gasteiger partial charge in [-0.3, -0.25) is 19.4 Å². The van der Waals surface area contributed by atoms with Crippen molar-refractivity contribution in [2.45, 2.75) is 25.4 Å². The van der Waals surface area contributed by atoms with Crippen LogP contribution in [0.1, 0.15) is 44.3 Å². The first kappa shape index (κ1) is 22.5. The van der Waals surface area contributed by atoms with Crippen molar-refractivity contribution >= 4 is 11.6 Å². The lowest BCUT2D eigenvalue weighted by molar-refractivity contribution is 0.0278. The maximum Gasteiger partial charge on any atom is 0.196 e. The summed E-state index contributed by atoms with van der Waals surface area (Å²) < 4.78 is 5.52. The maximum absolute atomic E-state index is 14.2. The molecule has 0 radical (unpaired) electrons. The van der Waals surface area contributed by atoms with Crippen molar-refractivity contribution in [1.29, 1.82) is 0 Å². The summed E-state index contributed by atoms with van der Waals surface area (Å²) in [6.45, 7) is 5.62. The van der Waals surface area contributed by atoms with Crippen molar-refractivity contribution in [3.8, 4) is 5.75 Å². The van der Waals surface area contributed by atoms with E-state index in [2.05, 4.69) is 15.9 Å². The number of aryl methyl sites for hydroxylation is 1. The largest absolute Gasteiger partial charge is 0.496 e. The van der Waals surface area contributed by atoms with Crippen LogP contribution < -0.4 is 4.74 Å². The Bertz CT molecular complexity index is 1220. The van der Waals surface area contributed by atoms with Gasteiger partial charge in [0.05, 0.1) is 7.11 Å². The van der Waals surface area contributed by atoms with E-state index in [0.29, 0.717) is 24.2 Å². The third kappa shape index (κ3) is 3.47. The first-order chi connectivity index (χ1) is 16.6. The average Bonchev–Trinajstić information content (AvgIpc) is 3.12. The van der Waals surface area contributed by atoms with Crippen molar-refractivity contribution in [3.05, 3.63) is 101 Å². The van der Waals surface area contributed by atoms with E-state index >= 15 is 0 Å². The number of piperazine rings is 1. The summed E-state index contributed by atoms with van der Waals surface area (Å²) in [4.78, 5) is 32.7. The number of Topliss-reactive ketones (excluding diaryl/α,β-unsaturated/α-hetero) is 2. The van der Waals surface area contributed by atoms with Crippen LogP contribution in [0.4, 0.5) is 0 Å². The molecule has 0 N–H and O–H groups in total. The van der Waals surface area contributed by atoms with E-state index in [1.165, 1.54) is 0 Å². The molecule has 34 heavy (non-hydrogen) atoms. The number of methoxy groups -OCH3 is 1. The third-order valence-corrected chi connectivity index (χ3v) is 7.29. The van der Waals surface area contributed by atoms with Crippen molar-refractivity contribution in [3.63, 3.8) is 0 Å². The van der Waals surface area contributed by atoms with E-state index in [4.69, 9.17) is 4.74 Å². The zero-order valence-corrected chi connectivity index (χ0v) is 19.8. The van der Waals surface area contributed by atoms with Crippen LogP contribution in [0.2, 0.25) is 0 Å². The highest BCUT2D eigenvalue weighted by atomic mass is 16.5. The number of ether oxygens (including phenoxy) is 1. The number of carbonyl (C=O) groups is 2. The summed E-state index contributed by atoms with van der Waals surface area (Å²) in [6.07, 6.45) is 0.722. The highest BCUT2D eigenvalue weighted by Crippen LogP contribution is 2.44. The molecule has 1 saturated heterocycles. The van der Waals surface area contributed by atoms with E-state index in [9.17, 15) is 9.59 Å². The van der Waals surface area contributed by atoms with Gasteiger partial charge in [0.15, 0.2) is 17.1 Å². The van der Waals surface area contributed by atoms with E-state index in [1.807, 2.05) is 73.7 Å². The van der Waals surface area contributed by atoms with Crippen LogP contribution in [0.25, 0.3) is 0 Å². The van der Waals surface area contributed by atoms with Crippen molar-refractivity contribution in [2.24, 2.45) is 0 Å². The number of hydrogen-bond donors (Lipinski definition) is 0. The van der Waals surface area contributed by atoms with E-state index < -0.39 is 5.54 Å². The number of para-hydroxylation sites is 1. The van der Waals surface area contributed by atoms with Gasteiger partial charge >= 0.3 is 0 Å². The molecule has 0 aromatic heterocycles. The second-order valence-electron chi connectivity index (χ2n) is 9.00. The molecule has 1 fully saturated rings. The van der Waals surface area contributed by atoms with E-state index in [1.54, 1.807) is 7.11 Å². The normalized spacial score (nSPS) is 21.0. The van der Waals surface area contributed by atoms with Gasteiger partial charge in [0.2, 0.25) is 0 Å². The fraction of sp³-hybridized carbons (Fsp3) is 0.310. The second-order valence-corrected chi connectivity index (χ2v) is 9.00. The number of rotatable bonds is 6.